The van der Waals surface area contributed by atoms with Gasteiger partial charge in [-0.1, -0.05) is 54.6 Å². The molecule has 0 bridgehead atoms. The summed E-state index contributed by atoms with van der Waals surface area (Å²) in [6.07, 6.45) is 5.71. The van der Waals surface area contributed by atoms with E-state index in [1.807, 2.05) is 54.6 Å². The molecule has 0 unspecified atom stereocenters. The topological polar surface area (TPSA) is 114 Å². The van der Waals surface area contributed by atoms with Crippen LogP contribution in [0, 0.1) is 5.92 Å². The zero-order valence-corrected chi connectivity index (χ0v) is 23.3. The number of esters is 1. The number of allylic oxidation sites excluding steroid dienone is 2. The van der Waals surface area contributed by atoms with Crippen molar-refractivity contribution in [2.45, 2.75) is 64.1 Å². The van der Waals surface area contributed by atoms with Gasteiger partial charge in [-0.3, -0.25) is 14.4 Å². The van der Waals surface area contributed by atoms with Gasteiger partial charge in [-0.2, -0.15) is 0 Å². The van der Waals surface area contributed by atoms with Crippen LogP contribution in [0.15, 0.2) is 79.9 Å². The van der Waals surface area contributed by atoms with Crippen LogP contribution in [-0.4, -0.2) is 48.2 Å². The second-order valence-electron chi connectivity index (χ2n) is 9.77. The van der Waals surface area contributed by atoms with E-state index in [4.69, 9.17) is 9.47 Å². The second kappa shape index (κ2) is 18.4. The van der Waals surface area contributed by atoms with Crippen molar-refractivity contribution in [3.05, 3.63) is 91.0 Å². The number of benzene rings is 2. The molecule has 40 heavy (non-hydrogen) atoms. The zero-order chi connectivity index (χ0) is 29.2. The fourth-order valence-electron chi connectivity index (χ4n) is 3.99. The van der Waals surface area contributed by atoms with Crippen LogP contribution >= 0.6 is 0 Å². The standard InChI is InChI=1S/C32H42N2O6/c1-4-6-8-14-31(37)40-22-24(3)33-32(38)27(11-5-2)20-30(36)34-28(21-35)19-25-15-17-29(18-16-25)39-23-26-12-9-7-10-13-26/h4-5,7,9-10,12-13,15-18,24,27-28,35H,1-2,6,8,11,14,19-23H2,3H3,(H,33,38)(H,34,36)/t24-,27-,28-/m0/s1. The second-order valence-corrected chi connectivity index (χ2v) is 9.77. The molecule has 2 aromatic carbocycles. The van der Waals surface area contributed by atoms with E-state index in [2.05, 4.69) is 23.8 Å². The lowest BCUT2D eigenvalue weighted by Gasteiger charge is -2.21. The summed E-state index contributed by atoms with van der Waals surface area (Å²) in [7, 11) is 0. The van der Waals surface area contributed by atoms with Gasteiger partial charge in [0, 0.05) is 12.8 Å². The van der Waals surface area contributed by atoms with E-state index in [1.165, 1.54) is 0 Å². The fourth-order valence-corrected chi connectivity index (χ4v) is 3.99. The Morgan fingerprint density at radius 1 is 0.975 bits per heavy atom. The van der Waals surface area contributed by atoms with Crippen molar-refractivity contribution in [1.29, 1.82) is 0 Å². The summed E-state index contributed by atoms with van der Waals surface area (Å²) in [5.74, 6) is -0.896. The van der Waals surface area contributed by atoms with Gasteiger partial charge in [-0.25, -0.2) is 0 Å². The number of carbonyl (C=O) groups excluding carboxylic acids is 3. The first kappa shape index (κ1) is 32.3. The molecule has 3 atom stereocenters. The van der Waals surface area contributed by atoms with Crippen LogP contribution in [0.1, 0.15) is 50.2 Å². The maximum absolute atomic E-state index is 12.8. The Hall–Kier alpha value is -3.91. The molecular formula is C32H42N2O6. The third kappa shape index (κ3) is 12.8. The number of nitrogens with one attached hydrogen (secondary N) is 2. The number of amides is 2. The largest absolute Gasteiger partial charge is 0.489 e. The number of unbranched alkanes of at least 4 members (excludes halogenated alkanes) is 1. The first-order valence-corrected chi connectivity index (χ1v) is 13.7. The smallest absolute Gasteiger partial charge is 0.305 e. The monoisotopic (exact) mass is 550 g/mol. The Morgan fingerprint density at radius 3 is 2.35 bits per heavy atom. The molecule has 0 aromatic heterocycles. The summed E-state index contributed by atoms with van der Waals surface area (Å²) in [6.45, 7) is 9.33. The van der Waals surface area contributed by atoms with Gasteiger partial charge in [0.2, 0.25) is 11.8 Å². The summed E-state index contributed by atoms with van der Waals surface area (Å²) in [4.78, 5) is 37.4. The summed E-state index contributed by atoms with van der Waals surface area (Å²) in [6, 6.07) is 16.5. The normalized spacial score (nSPS) is 12.8. The Balaban J connectivity index is 1.81. The molecule has 0 aliphatic rings. The van der Waals surface area contributed by atoms with E-state index in [0.29, 0.717) is 32.3 Å². The fraction of sp³-hybridized carbons (Fsp3) is 0.406. The average molecular weight is 551 g/mol. The van der Waals surface area contributed by atoms with Gasteiger partial charge >= 0.3 is 5.97 Å². The average Bonchev–Trinajstić information content (AvgIpc) is 2.95. The number of hydrogen-bond acceptors (Lipinski definition) is 6. The Labute approximate surface area is 237 Å². The van der Waals surface area contributed by atoms with Crippen molar-refractivity contribution in [3.63, 3.8) is 0 Å². The molecule has 0 radical (unpaired) electrons. The van der Waals surface area contributed by atoms with Crippen LogP contribution in [-0.2, 0) is 32.1 Å². The number of aliphatic hydroxyl groups is 1. The molecule has 0 aliphatic heterocycles. The molecule has 216 valence electrons. The minimum Gasteiger partial charge on any atom is -0.489 e. The lowest BCUT2D eigenvalue weighted by molar-refractivity contribution is -0.145. The molecule has 0 saturated heterocycles. The van der Waals surface area contributed by atoms with E-state index in [9.17, 15) is 19.5 Å². The summed E-state index contributed by atoms with van der Waals surface area (Å²) in [5.41, 5.74) is 2.01. The molecule has 0 fully saturated rings. The summed E-state index contributed by atoms with van der Waals surface area (Å²) in [5, 5.41) is 15.5. The molecule has 8 heteroatoms. The van der Waals surface area contributed by atoms with Gasteiger partial charge in [0.1, 0.15) is 19.0 Å². The number of rotatable bonds is 19. The molecule has 2 aromatic rings. The van der Waals surface area contributed by atoms with E-state index in [1.54, 1.807) is 19.1 Å². The summed E-state index contributed by atoms with van der Waals surface area (Å²) < 4.78 is 11.0. The highest BCUT2D eigenvalue weighted by Gasteiger charge is 2.24. The molecule has 0 spiro atoms. The molecule has 0 heterocycles. The predicted molar refractivity (Wildman–Crippen MR) is 155 cm³/mol. The van der Waals surface area contributed by atoms with Crippen molar-refractivity contribution < 1.29 is 29.0 Å². The number of aliphatic hydroxyl groups excluding tert-OH is 1. The van der Waals surface area contributed by atoms with Gasteiger partial charge in [-0.05, 0) is 55.9 Å². The molecule has 2 amide bonds. The van der Waals surface area contributed by atoms with Crippen molar-refractivity contribution in [1.82, 2.24) is 10.6 Å². The van der Waals surface area contributed by atoms with Crippen molar-refractivity contribution >= 4 is 17.8 Å². The molecule has 2 rings (SSSR count). The minimum atomic E-state index is -0.636. The number of hydrogen-bond donors (Lipinski definition) is 3. The third-order valence-corrected chi connectivity index (χ3v) is 6.17. The number of carbonyl (C=O) groups is 3. The van der Waals surface area contributed by atoms with Crippen molar-refractivity contribution in [3.8, 4) is 5.75 Å². The van der Waals surface area contributed by atoms with Crippen LogP contribution in [0.3, 0.4) is 0 Å². The van der Waals surface area contributed by atoms with Crippen LogP contribution in [0.5, 0.6) is 5.75 Å². The Kier molecular flexibility index (Phi) is 14.9. The number of ether oxygens (including phenoxy) is 2. The zero-order valence-electron chi connectivity index (χ0n) is 23.3. The first-order chi connectivity index (χ1) is 19.3. The first-order valence-electron chi connectivity index (χ1n) is 13.7. The van der Waals surface area contributed by atoms with Crippen LogP contribution < -0.4 is 15.4 Å². The van der Waals surface area contributed by atoms with E-state index in [0.717, 1.165) is 23.3 Å². The van der Waals surface area contributed by atoms with Crippen LogP contribution in [0.2, 0.25) is 0 Å². The minimum absolute atomic E-state index is 0.0499. The SMILES string of the molecule is C=CCCCC(=O)OC[C@H](C)NC(=O)[C@@H](CC=C)CC(=O)N[C@H](CO)Cc1ccc(OCc2ccccc2)cc1. The Bertz CT molecular complexity index is 1070. The molecule has 0 saturated carbocycles. The molecular weight excluding hydrogens is 508 g/mol. The van der Waals surface area contributed by atoms with E-state index in [-0.39, 0.29) is 37.4 Å². The van der Waals surface area contributed by atoms with Gasteiger partial charge in [0.15, 0.2) is 0 Å². The highest BCUT2D eigenvalue weighted by molar-refractivity contribution is 5.86. The highest BCUT2D eigenvalue weighted by Crippen LogP contribution is 2.16. The van der Waals surface area contributed by atoms with Gasteiger partial charge in [0.05, 0.1) is 24.6 Å². The highest BCUT2D eigenvalue weighted by atomic mass is 16.5. The van der Waals surface area contributed by atoms with Gasteiger partial charge < -0.3 is 25.2 Å². The summed E-state index contributed by atoms with van der Waals surface area (Å²) >= 11 is 0. The quantitative estimate of drug-likeness (QED) is 0.137. The maximum atomic E-state index is 12.8. The lowest BCUT2D eigenvalue weighted by atomic mass is 9.98. The van der Waals surface area contributed by atoms with Gasteiger partial charge in [0.25, 0.3) is 0 Å². The molecule has 0 aliphatic carbocycles. The lowest BCUT2D eigenvalue weighted by Crippen LogP contribution is -2.44. The van der Waals surface area contributed by atoms with E-state index < -0.39 is 18.0 Å². The van der Waals surface area contributed by atoms with Crippen LogP contribution in [0.25, 0.3) is 0 Å². The Morgan fingerprint density at radius 2 is 1.70 bits per heavy atom. The maximum Gasteiger partial charge on any atom is 0.305 e. The van der Waals surface area contributed by atoms with Crippen molar-refractivity contribution in [2.75, 3.05) is 13.2 Å². The third-order valence-electron chi connectivity index (χ3n) is 6.17. The predicted octanol–water partition coefficient (Wildman–Crippen LogP) is 4.27. The molecule has 8 nitrogen and oxygen atoms in total. The van der Waals surface area contributed by atoms with Crippen molar-refractivity contribution in [2.24, 2.45) is 5.92 Å². The van der Waals surface area contributed by atoms with Crippen LogP contribution in [0.4, 0.5) is 0 Å². The molecule has 3 N–H and O–H groups in total. The van der Waals surface area contributed by atoms with Gasteiger partial charge in [-0.15, -0.1) is 13.2 Å². The van der Waals surface area contributed by atoms with E-state index >= 15 is 0 Å².